The van der Waals surface area contributed by atoms with Crippen molar-refractivity contribution in [3.05, 3.63) is 0 Å². The summed E-state index contributed by atoms with van der Waals surface area (Å²) in [7, 11) is 0. The van der Waals surface area contributed by atoms with Crippen LogP contribution in [0.2, 0.25) is 14.8 Å². The van der Waals surface area contributed by atoms with E-state index >= 15 is 0 Å². The molecule has 0 aromatic heterocycles. The first-order valence-electron chi connectivity index (χ1n) is 3.48. The number of hydroxylamine groups is 1. The molecule has 0 radical (unpaired) electrons. The van der Waals surface area contributed by atoms with Gasteiger partial charge in [-0.2, -0.15) is 0 Å². The Morgan fingerprint density at radius 2 is 2.10 bits per heavy atom. The van der Waals surface area contributed by atoms with E-state index in [9.17, 15) is 4.79 Å². The second-order valence-corrected chi connectivity index (χ2v) is 17.0. The number of hydrogen-bond donors (Lipinski definition) is 0. The molecular weight excluding hydrogens is 237 g/mol. The van der Waals surface area contributed by atoms with Crippen LogP contribution in [0, 0.1) is 0 Å². The normalized spacial score (nSPS) is 20.3. The van der Waals surface area contributed by atoms with Gasteiger partial charge in [-0.25, -0.2) is 0 Å². The molecule has 4 heteroatoms. The van der Waals surface area contributed by atoms with Crippen LogP contribution in [0.1, 0.15) is 6.42 Å². The van der Waals surface area contributed by atoms with E-state index in [-0.39, 0.29) is 5.91 Å². The molecule has 0 bridgehead atoms. The van der Waals surface area contributed by atoms with Crippen molar-refractivity contribution in [2.45, 2.75) is 21.2 Å². The van der Waals surface area contributed by atoms with Gasteiger partial charge in [0.25, 0.3) is 0 Å². The average Bonchev–Trinajstić information content (AvgIpc) is 2.11. The van der Waals surface area contributed by atoms with Gasteiger partial charge >= 0.3 is 65.3 Å². The maximum absolute atomic E-state index is 11.1. The summed E-state index contributed by atoms with van der Waals surface area (Å²) in [6, 6.07) is 0. The second kappa shape index (κ2) is 2.69. The van der Waals surface area contributed by atoms with Crippen molar-refractivity contribution >= 4 is 24.6 Å². The molecule has 3 nitrogen and oxygen atoms in total. The standard InChI is InChI=1S/C3H5NO2.3CH3.Sn/c5-3-1-2-6-4-3;;;;/h1-2H2,(H,4,5);3*1H3;/q;;;;+1/p-1. The van der Waals surface area contributed by atoms with Gasteiger partial charge in [-0.3, -0.25) is 0 Å². The first-order valence-corrected chi connectivity index (χ1v) is 13.3. The van der Waals surface area contributed by atoms with Crippen LogP contribution in [0.15, 0.2) is 0 Å². The molecule has 1 fully saturated rings. The fourth-order valence-corrected chi connectivity index (χ4v) is 4.79. The molecule has 1 heterocycles. The van der Waals surface area contributed by atoms with Crippen LogP contribution in [-0.4, -0.2) is 34.4 Å². The van der Waals surface area contributed by atoms with Crippen molar-refractivity contribution in [3.8, 4) is 0 Å². The number of hydrogen-bond acceptors (Lipinski definition) is 2. The van der Waals surface area contributed by atoms with Gasteiger partial charge in [0.1, 0.15) is 0 Å². The number of nitrogens with zero attached hydrogens (tertiary/aromatic N) is 1. The van der Waals surface area contributed by atoms with Crippen LogP contribution in [0.4, 0.5) is 0 Å². The first kappa shape index (κ1) is 8.33. The van der Waals surface area contributed by atoms with Crippen LogP contribution >= 0.6 is 0 Å². The maximum atomic E-state index is 11.1. The molecule has 0 spiro atoms. The van der Waals surface area contributed by atoms with E-state index in [0.717, 1.165) is 0 Å². The van der Waals surface area contributed by atoms with Gasteiger partial charge in [-0.15, -0.1) is 0 Å². The van der Waals surface area contributed by atoms with E-state index in [1.54, 1.807) is 3.28 Å². The summed E-state index contributed by atoms with van der Waals surface area (Å²) in [4.78, 5) is 22.8. The van der Waals surface area contributed by atoms with Gasteiger partial charge < -0.3 is 0 Å². The van der Waals surface area contributed by atoms with Crippen molar-refractivity contribution in [3.63, 3.8) is 0 Å². The third-order valence-corrected chi connectivity index (χ3v) is 5.93. The molecule has 0 aromatic rings. The Kier molecular flexibility index (Phi) is 2.24. The van der Waals surface area contributed by atoms with Gasteiger partial charge in [0, 0.05) is 0 Å². The molecule has 0 aliphatic carbocycles. The Morgan fingerprint density at radius 3 is 2.30 bits per heavy atom. The summed E-state index contributed by atoms with van der Waals surface area (Å²) in [6.45, 7) is 0.590. The van der Waals surface area contributed by atoms with Crippen molar-refractivity contribution in [2.75, 3.05) is 6.61 Å². The zero-order valence-corrected chi connectivity index (χ0v) is 9.53. The molecule has 1 aliphatic rings. The Bertz CT molecular complexity index is 152. The Labute approximate surface area is 65.5 Å². The molecule has 1 saturated heterocycles. The van der Waals surface area contributed by atoms with Gasteiger partial charge in [0.05, 0.1) is 0 Å². The summed E-state index contributed by atoms with van der Waals surface area (Å²) in [5, 5.41) is 0. The molecule has 58 valence electrons. The first-order chi connectivity index (χ1) is 4.52. The molecule has 0 unspecified atom stereocenters. The van der Waals surface area contributed by atoms with Crippen LogP contribution in [0.5, 0.6) is 0 Å². The number of carbonyl (C=O) groups is 1. The van der Waals surface area contributed by atoms with Crippen LogP contribution in [0.25, 0.3) is 0 Å². The molecule has 0 saturated carbocycles. The fourth-order valence-electron chi connectivity index (χ4n) is 0.966. The van der Waals surface area contributed by atoms with Gasteiger partial charge in [-0.1, -0.05) is 0 Å². The predicted molar refractivity (Wildman–Crippen MR) is 40.8 cm³/mol. The minimum atomic E-state index is -2.21. The van der Waals surface area contributed by atoms with E-state index in [2.05, 4.69) is 14.8 Å². The number of rotatable bonds is 1. The van der Waals surface area contributed by atoms with Gasteiger partial charge in [0.15, 0.2) is 0 Å². The molecule has 0 N–H and O–H groups in total. The van der Waals surface area contributed by atoms with E-state index in [1.165, 1.54) is 0 Å². The van der Waals surface area contributed by atoms with Crippen molar-refractivity contribution < 1.29 is 9.63 Å². The topological polar surface area (TPSA) is 29.5 Å². The molecule has 1 amide bonds. The van der Waals surface area contributed by atoms with Crippen molar-refractivity contribution in [1.82, 2.24) is 3.28 Å². The Balaban J connectivity index is 2.64. The zero-order chi connectivity index (χ0) is 7.78. The molecule has 1 aliphatic heterocycles. The molecule has 1 rings (SSSR count). The predicted octanol–water partition coefficient (Wildman–Crippen LogP) is 0.985. The summed E-state index contributed by atoms with van der Waals surface area (Å²) in [6.07, 6.45) is 0.578. The monoisotopic (exact) mass is 251 g/mol. The van der Waals surface area contributed by atoms with Gasteiger partial charge in [-0.05, 0) is 0 Å². The summed E-state index contributed by atoms with van der Waals surface area (Å²) < 4.78 is 1.66. The van der Waals surface area contributed by atoms with Crippen molar-refractivity contribution in [2.24, 2.45) is 0 Å². The average molecular weight is 250 g/mol. The quantitative estimate of drug-likeness (QED) is 0.649. The van der Waals surface area contributed by atoms with Crippen LogP contribution in [0.3, 0.4) is 0 Å². The number of amides is 1. The molecular formula is C6H13NO2Sn. The fraction of sp³-hybridized carbons (Fsp3) is 0.833. The number of carbonyl (C=O) groups excluding carboxylic acids is 1. The summed E-state index contributed by atoms with van der Waals surface area (Å²) >= 11 is -2.21. The molecule has 10 heavy (non-hydrogen) atoms. The second-order valence-electron chi connectivity index (χ2n) is 3.44. The Hall–Kier alpha value is 0.229. The third-order valence-electron chi connectivity index (χ3n) is 1.37. The van der Waals surface area contributed by atoms with E-state index in [1.807, 2.05) is 0 Å². The van der Waals surface area contributed by atoms with E-state index in [4.69, 9.17) is 4.84 Å². The minimum absolute atomic E-state index is 0.184. The van der Waals surface area contributed by atoms with Crippen LogP contribution in [-0.2, 0) is 9.63 Å². The SMILES string of the molecule is [CH3][Sn]([CH3])([CH3])[N]1OCCC1=O. The Morgan fingerprint density at radius 1 is 1.50 bits per heavy atom. The summed E-state index contributed by atoms with van der Waals surface area (Å²) in [5.74, 6) is 0.184. The van der Waals surface area contributed by atoms with E-state index < -0.39 is 18.7 Å². The summed E-state index contributed by atoms with van der Waals surface area (Å²) in [5.41, 5.74) is 0. The molecule has 0 aromatic carbocycles. The zero-order valence-electron chi connectivity index (χ0n) is 6.68. The van der Waals surface area contributed by atoms with Crippen LogP contribution < -0.4 is 0 Å². The van der Waals surface area contributed by atoms with Crippen molar-refractivity contribution in [1.29, 1.82) is 0 Å². The van der Waals surface area contributed by atoms with E-state index in [0.29, 0.717) is 13.0 Å². The van der Waals surface area contributed by atoms with Gasteiger partial charge in [0.2, 0.25) is 0 Å². The third kappa shape index (κ3) is 1.63. The molecule has 0 atom stereocenters.